The summed E-state index contributed by atoms with van der Waals surface area (Å²) in [6, 6.07) is 2.44. The van der Waals surface area contributed by atoms with Crippen LogP contribution in [-0.4, -0.2) is 29.3 Å². The SMILES string of the molecule is Cc1cnc(N(CCO)C2CC2)cc1N. The minimum absolute atomic E-state index is 0.159. The number of hydrogen-bond acceptors (Lipinski definition) is 4. The molecule has 1 aliphatic rings. The molecule has 0 aliphatic heterocycles. The molecule has 0 bridgehead atoms. The van der Waals surface area contributed by atoms with Gasteiger partial charge in [0.25, 0.3) is 0 Å². The number of aryl methyl sites for hydroxylation is 1. The highest BCUT2D eigenvalue weighted by molar-refractivity contribution is 5.55. The number of aromatic nitrogens is 1. The molecular formula is C11H17N3O. The van der Waals surface area contributed by atoms with Gasteiger partial charge < -0.3 is 15.7 Å². The number of pyridine rings is 1. The number of nitrogens with zero attached hydrogens (tertiary/aromatic N) is 2. The van der Waals surface area contributed by atoms with E-state index < -0.39 is 0 Å². The number of rotatable bonds is 4. The van der Waals surface area contributed by atoms with Crippen molar-refractivity contribution < 1.29 is 5.11 Å². The summed E-state index contributed by atoms with van der Waals surface area (Å²) in [5.41, 5.74) is 7.61. The third-order valence-corrected chi connectivity index (χ3v) is 2.75. The van der Waals surface area contributed by atoms with Gasteiger partial charge in [-0.3, -0.25) is 0 Å². The molecule has 1 aromatic heterocycles. The lowest BCUT2D eigenvalue weighted by Crippen LogP contribution is -2.29. The Hall–Kier alpha value is -1.29. The van der Waals surface area contributed by atoms with Crippen molar-refractivity contribution in [2.24, 2.45) is 0 Å². The molecule has 4 nitrogen and oxygen atoms in total. The molecule has 1 heterocycles. The molecule has 3 N–H and O–H groups in total. The molecule has 0 aromatic carbocycles. The summed E-state index contributed by atoms with van der Waals surface area (Å²) in [5, 5.41) is 9.00. The number of anilines is 2. The number of aliphatic hydroxyl groups is 1. The second-order valence-electron chi connectivity index (χ2n) is 4.05. The smallest absolute Gasteiger partial charge is 0.130 e. The maximum absolute atomic E-state index is 9.00. The molecule has 0 atom stereocenters. The van der Waals surface area contributed by atoms with Crippen molar-refractivity contribution in [2.75, 3.05) is 23.8 Å². The van der Waals surface area contributed by atoms with Crippen molar-refractivity contribution in [3.63, 3.8) is 0 Å². The van der Waals surface area contributed by atoms with Gasteiger partial charge in [-0.15, -0.1) is 0 Å². The Morgan fingerprint density at radius 3 is 2.87 bits per heavy atom. The average Bonchev–Trinajstić information content (AvgIpc) is 3.02. The van der Waals surface area contributed by atoms with Crippen molar-refractivity contribution in [1.29, 1.82) is 0 Å². The van der Waals surface area contributed by atoms with Gasteiger partial charge >= 0.3 is 0 Å². The fourth-order valence-corrected chi connectivity index (χ4v) is 1.66. The third kappa shape index (κ3) is 2.21. The Balaban J connectivity index is 2.21. The Labute approximate surface area is 89.7 Å². The first-order valence-electron chi connectivity index (χ1n) is 5.32. The fourth-order valence-electron chi connectivity index (χ4n) is 1.66. The van der Waals surface area contributed by atoms with Gasteiger partial charge in [0.1, 0.15) is 5.82 Å². The number of nitrogen functional groups attached to an aromatic ring is 1. The van der Waals surface area contributed by atoms with Crippen LogP contribution in [0.1, 0.15) is 18.4 Å². The highest BCUT2D eigenvalue weighted by atomic mass is 16.3. The summed E-state index contributed by atoms with van der Waals surface area (Å²) in [6.45, 7) is 2.74. The molecular weight excluding hydrogens is 190 g/mol. The average molecular weight is 207 g/mol. The molecule has 0 amide bonds. The minimum Gasteiger partial charge on any atom is -0.398 e. The van der Waals surface area contributed by atoms with Gasteiger partial charge in [-0.2, -0.15) is 0 Å². The number of hydrogen-bond donors (Lipinski definition) is 2. The van der Waals surface area contributed by atoms with Crippen LogP contribution in [0.25, 0.3) is 0 Å². The second-order valence-corrected chi connectivity index (χ2v) is 4.05. The van der Waals surface area contributed by atoms with Gasteiger partial charge in [0.2, 0.25) is 0 Å². The maximum atomic E-state index is 9.00. The summed E-state index contributed by atoms with van der Waals surface area (Å²) in [4.78, 5) is 6.49. The molecule has 0 spiro atoms. The van der Waals surface area contributed by atoms with Crippen LogP contribution < -0.4 is 10.6 Å². The molecule has 1 aromatic rings. The van der Waals surface area contributed by atoms with Crippen LogP contribution in [0.5, 0.6) is 0 Å². The molecule has 4 heteroatoms. The van der Waals surface area contributed by atoms with Crippen LogP contribution in [0.2, 0.25) is 0 Å². The van der Waals surface area contributed by atoms with E-state index in [1.165, 1.54) is 12.8 Å². The Morgan fingerprint density at radius 1 is 1.60 bits per heavy atom. The molecule has 2 rings (SSSR count). The van der Waals surface area contributed by atoms with Gasteiger partial charge in [-0.1, -0.05) is 0 Å². The topological polar surface area (TPSA) is 62.4 Å². The quantitative estimate of drug-likeness (QED) is 0.771. The molecule has 15 heavy (non-hydrogen) atoms. The lowest BCUT2D eigenvalue weighted by atomic mass is 10.2. The first kappa shape index (κ1) is 10.2. The Bertz CT molecular complexity index is 350. The summed E-state index contributed by atoms with van der Waals surface area (Å²) >= 11 is 0. The summed E-state index contributed by atoms with van der Waals surface area (Å²) in [7, 11) is 0. The highest BCUT2D eigenvalue weighted by Crippen LogP contribution is 2.31. The lowest BCUT2D eigenvalue weighted by molar-refractivity contribution is 0.301. The molecule has 1 aliphatic carbocycles. The van der Waals surface area contributed by atoms with Crippen LogP contribution >= 0.6 is 0 Å². The van der Waals surface area contributed by atoms with Crippen molar-refractivity contribution in [3.05, 3.63) is 17.8 Å². The molecule has 1 fully saturated rings. The van der Waals surface area contributed by atoms with E-state index in [4.69, 9.17) is 10.8 Å². The molecule has 82 valence electrons. The predicted octanol–water partition coefficient (Wildman–Crippen LogP) is 0.933. The van der Waals surface area contributed by atoms with Gasteiger partial charge in [0.15, 0.2) is 0 Å². The first-order valence-corrected chi connectivity index (χ1v) is 5.32. The first-order chi connectivity index (χ1) is 7.22. The van der Waals surface area contributed by atoms with Crippen LogP contribution in [0.15, 0.2) is 12.3 Å². The normalized spacial score (nSPS) is 15.3. The van der Waals surface area contributed by atoms with Crippen molar-refractivity contribution in [3.8, 4) is 0 Å². The summed E-state index contributed by atoms with van der Waals surface area (Å²) in [5.74, 6) is 0.884. The summed E-state index contributed by atoms with van der Waals surface area (Å²) < 4.78 is 0. The van der Waals surface area contributed by atoms with E-state index in [1.807, 2.05) is 13.0 Å². The monoisotopic (exact) mass is 207 g/mol. The standard InChI is InChI=1S/C11H17N3O/c1-8-7-13-11(6-10(8)12)14(4-5-15)9-2-3-9/h6-7,9,15H,2-5H2,1H3,(H2,12,13). The zero-order valence-electron chi connectivity index (χ0n) is 8.98. The third-order valence-electron chi connectivity index (χ3n) is 2.75. The van der Waals surface area contributed by atoms with Gasteiger partial charge in [-0.25, -0.2) is 4.98 Å². The molecule has 0 radical (unpaired) electrons. The van der Waals surface area contributed by atoms with Crippen molar-refractivity contribution in [2.45, 2.75) is 25.8 Å². The van der Waals surface area contributed by atoms with Gasteiger partial charge in [-0.05, 0) is 25.3 Å². The van der Waals surface area contributed by atoms with E-state index in [9.17, 15) is 0 Å². The zero-order valence-corrected chi connectivity index (χ0v) is 8.98. The lowest BCUT2D eigenvalue weighted by Gasteiger charge is -2.22. The van der Waals surface area contributed by atoms with Crippen LogP contribution in [-0.2, 0) is 0 Å². The van der Waals surface area contributed by atoms with Gasteiger partial charge in [0.05, 0.1) is 6.61 Å². The number of aliphatic hydroxyl groups excluding tert-OH is 1. The van der Waals surface area contributed by atoms with Gasteiger partial charge in [0, 0.05) is 30.5 Å². The molecule has 0 unspecified atom stereocenters. The Kier molecular flexibility index (Phi) is 2.77. The zero-order chi connectivity index (χ0) is 10.8. The largest absolute Gasteiger partial charge is 0.398 e. The highest BCUT2D eigenvalue weighted by Gasteiger charge is 2.29. The predicted molar refractivity (Wildman–Crippen MR) is 60.8 cm³/mol. The summed E-state index contributed by atoms with van der Waals surface area (Å²) in [6.07, 6.45) is 4.17. The second kappa shape index (κ2) is 4.06. The molecule has 0 saturated heterocycles. The maximum Gasteiger partial charge on any atom is 0.130 e. The van der Waals surface area contributed by atoms with Crippen LogP contribution in [0.4, 0.5) is 11.5 Å². The van der Waals surface area contributed by atoms with Crippen molar-refractivity contribution in [1.82, 2.24) is 4.98 Å². The minimum atomic E-state index is 0.159. The van der Waals surface area contributed by atoms with E-state index in [-0.39, 0.29) is 6.61 Å². The van der Waals surface area contributed by atoms with Crippen LogP contribution in [0.3, 0.4) is 0 Å². The van der Waals surface area contributed by atoms with E-state index in [0.29, 0.717) is 12.6 Å². The van der Waals surface area contributed by atoms with E-state index >= 15 is 0 Å². The number of nitrogens with two attached hydrogens (primary N) is 1. The van der Waals surface area contributed by atoms with Crippen molar-refractivity contribution >= 4 is 11.5 Å². The van der Waals surface area contributed by atoms with E-state index in [0.717, 1.165) is 17.1 Å². The fraction of sp³-hybridized carbons (Fsp3) is 0.545. The Morgan fingerprint density at radius 2 is 2.33 bits per heavy atom. The van der Waals surface area contributed by atoms with E-state index in [1.54, 1.807) is 6.20 Å². The van der Waals surface area contributed by atoms with Crippen LogP contribution in [0, 0.1) is 6.92 Å². The molecule has 1 saturated carbocycles. The van der Waals surface area contributed by atoms with E-state index in [2.05, 4.69) is 9.88 Å².